The molecule has 1 heterocycles. The third-order valence-electron chi connectivity index (χ3n) is 2.05. The van der Waals surface area contributed by atoms with Gasteiger partial charge in [0.1, 0.15) is 6.29 Å². The number of nitro benzene ring substituents is 1. The lowest BCUT2D eigenvalue weighted by atomic mass is 10.2. The third-order valence-corrected chi connectivity index (χ3v) is 3.18. The van der Waals surface area contributed by atoms with E-state index in [0.29, 0.717) is 6.42 Å². The Kier molecular flexibility index (Phi) is 2.47. The maximum Gasteiger partial charge on any atom is 0.270 e. The number of fused-ring (bicyclic) bond motifs is 1. The van der Waals surface area contributed by atoms with E-state index in [1.54, 1.807) is 6.07 Å². The summed E-state index contributed by atoms with van der Waals surface area (Å²) in [6.07, 6.45) is 1.20. The molecule has 5 heteroatoms. The van der Waals surface area contributed by atoms with E-state index in [4.69, 9.17) is 0 Å². The maximum absolute atomic E-state index is 10.5. The molecule has 0 unspecified atom stereocenters. The number of hydrogen-bond acceptors (Lipinski definition) is 4. The Hall–Kier alpha value is -1.75. The highest BCUT2D eigenvalue weighted by molar-refractivity contribution is 7.19. The summed E-state index contributed by atoms with van der Waals surface area (Å²) in [5.74, 6) is 0. The van der Waals surface area contributed by atoms with Crippen LogP contribution in [0.25, 0.3) is 10.1 Å². The molecule has 0 amide bonds. The van der Waals surface area contributed by atoms with Crippen LogP contribution in [0.5, 0.6) is 0 Å². The van der Waals surface area contributed by atoms with Crippen molar-refractivity contribution in [3.05, 3.63) is 39.3 Å². The number of nitro groups is 1. The van der Waals surface area contributed by atoms with Crippen LogP contribution in [0, 0.1) is 10.1 Å². The fraction of sp³-hybridized carbons (Fsp3) is 0.100. The number of thiophene rings is 1. The van der Waals surface area contributed by atoms with Crippen molar-refractivity contribution in [3.8, 4) is 0 Å². The number of nitrogens with zero attached hydrogens (tertiary/aromatic N) is 1. The van der Waals surface area contributed by atoms with Crippen LogP contribution in [-0.2, 0) is 11.2 Å². The van der Waals surface area contributed by atoms with E-state index in [1.807, 2.05) is 6.07 Å². The highest BCUT2D eigenvalue weighted by Gasteiger charge is 2.08. The van der Waals surface area contributed by atoms with Gasteiger partial charge in [0, 0.05) is 28.1 Å². The van der Waals surface area contributed by atoms with Gasteiger partial charge >= 0.3 is 0 Å². The fourth-order valence-electron chi connectivity index (χ4n) is 1.38. The lowest BCUT2D eigenvalue weighted by Gasteiger charge is -1.90. The van der Waals surface area contributed by atoms with Crippen molar-refractivity contribution in [2.24, 2.45) is 0 Å². The molecule has 1 aromatic heterocycles. The van der Waals surface area contributed by atoms with Crippen LogP contribution >= 0.6 is 11.3 Å². The lowest BCUT2D eigenvalue weighted by Crippen LogP contribution is -1.85. The molecule has 2 aromatic rings. The summed E-state index contributed by atoms with van der Waals surface area (Å²) in [5, 5.41) is 11.4. The second kappa shape index (κ2) is 3.78. The second-order valence-corrected chi connectivity index (χ2v) is 4.23. The average molecular weight is 221 g/mol. The molecular weight excluding hydrogens is 214 g/mol. The summed E-state index contributed by atoms with van der Waals surface area (Å²) in [4.78, 5) is 21.4. The van der Waals surface area contributed by atoms with Gasteiger partial charge in [0.15, 0.2) is 0 Å². The first-order valence-corrected chi connectivity index (χ1v) is 5.13. The van der Waals surface area contributed by atoms with E-state index in [1.165, 1.54) is 23.5 Å². The maximum atomic E-state index is 10.5. The van der Waals surface area contributed by atoms with Crippen LogP contribution in [0.2, 0.25) is 0 Å². The van der Waals surface area contributed by atoms with Gasteiger partial charge in [-0.1, -0.05) is 0 Å². The van der Waals surface area contributed by atoms with Crippen molar-refractivity contribution >= 4 is 33.4 Å². The predicted octanol–water partition coefficient (Wildman–Crippen LogP) is 2.55. The predicted molar refractivity (Wildman–Crippen MR) is 58.2 cm³/mol. The van der Waals surface area contributed by atoms with Gasteiger partial charge in [0.25, 0.3) is 5.69 Å². The highest BCUT2D eigenvalue weighted by Crippen LogP contribution is 2.28. The van der Waals surface area contributed by atoms with E-state index in [-0.39, 0.29) is 5.69 Å². The number of rotatable bonds is 3. The monoisotopic (exact) mass is 221 g/mol. The summed E-state index contributed by atoms with van der Waals surface area (Å²) < 4.78 is 0.970. The van der Waals surface area contributed by atoms with Gasteiger partial charge in [0.2, 0.25) is 0 Å². The molecular formula is C10H7NO3S. The number of carbonyl (C=O) groups is 1. The van der Waals surface area contributed by atoms with Gasteiger partial charge in [-0.05, 0) is 17.5 Å². The molecule has 0 saturated heterocycles. The molecule has 76 valence electrons. The van der Waals surface area contributed by atoms with Crippen LogP contribution in [0.4, 0.5) is 5.69 Å². The molecule has 0 radical (unpaired) electrons. The van der Waals surface area contributed by atoms with Gasteiger partial charge in [-0.2, -0.15) is 0 Å². The quantitative estimate of drug-likeness (QED) is 0.454. The Morgan fingerprint density at radius 3 is 2.87 bits per heavy atom. The van der Waals surface area contributed by atoms with E-state index in [0.717, 1.165) is 21.2 Å². The minimum Gasteiger partial charge on any atom is -0.303 e. The number of carbonyl (C=O) groups excluding carboxylic acids is 1. The largest absolute Gasteiger partial charge is 0.303 e. The first-order chi connectivity index (χ1) is 7.20. The minimum atomic E-state index is -0.420. The normalized spacial score (nSPS) is 10.4. The van der Waals surface area contributed by atoms with Gasteiger partial charge < -0.3 is 4.79 Å². The number of benzene rings is 1. The summed E-state index contributed by atoms with van der Waals surface area (Å²) in [6.45, 7) is 0. The standard InChI is InChI=1S/C10H7NO3S/c12-4-3-9-6-7-5-8(11(13)14)1-2-10(7)15-9/h1-2,4-6H,3H2. The smallest absolute Gasteiger partial charge is 0.270 e. The Morgan fingerprint density at radius 1 is 1.40 bits per heavy atom. The van der Waals surface area contributed by atoms with Crippen LogP contribution in [0.3, 0.4) is 0 Å². The zero-order valence-electron chi connectivity index (χ0n) is 7.67. The molecule has 0 fully saturated rings. The van der Waals surface area contributed by atoms with Crippen molar-refractivity contribution in [2.75, 3.05) is 0 Å². The van der Waals surface area contributed by atoms with Crippen LogP contribution in [0.1, 0.15) is 4.88 Å². The van der Waals surface area contributed by atoms with Crippen molar-refractivity contribution in [3.63, 3.8) is 0 Å². The second-order valence-electron chi connectivity index (χ2n) is 3.06. The highest BCUT2D eigenvalue weighted by atomic mass is 32.1. The molecule has 4 nitrogen and oxygen atoms in total. The Bertz CT molecular complexity index is 532. The summed E-state index contributed by atoms with van der Waals surface area (Å²) >= 11 is 1.49. The first-order valence-electron chi connectivity index (χ1n) is 4.31. The number of non-ortho nitro benzene ring substituents is 1. The van der Waals surface area contributed by atoms with Gasteiger partial charge in [-0.25, -0.2) is 0 Å². The molecule has 15 heavy (non-hydrogen) atoms. The zero-order valence-corrected chi connectivity index (χ0v) is 8.49. The van der Waals surface area contributed by atoms with Crippen molar-refractivity contribution in [1.29, 1.82) is 0 Å². The molecule has 0 saturated carbocycles. The van der Waals surface area contributed by atoms with Crippen LogP contribution < -0.4 is 0 Å². The molecule has 0 aliphatic rings. The molecule has 0 spiro atoms. The molecule has 1 aromatic carbocycles. The fourth-order valence-corrected chi connectivity index (χ4v) is 2.37. The zero-order chi connectivity index (χ0) is 10.8. The minimum absolute atomic E-state index is 0.0814. The van der Waals surface area contributed by atoms with Gasteiger partial charge in [-0.3, -0.25) is 10.1 Å². The van der Waals surface area contributed by atoms with Gasteiger partial charge in [-0.15, -0.1) is 11.3 Å². The van der Waals surface area contributed by atoms with Crippen molar-refractivity contribution in [2.45, 2.75) is 6.42 Å². The summed E-state index contributed by atoms with van der Waals surface area (Å²) in [5.41, 5.74) is 0.0814. The number of hydrogen-bond donors (Lipinski definition) is 0. The van der Waals surface area contributed by atoms with Crippen LogP contribution in [0.15, 0.2) is 24.3 Å². The van der Waals surface area contributed by atoms with E-state index in [2.05, 4.69) is 0 Å². The molecule has 0 aliphatic carbocycles. The lowest BCUT2D eigenvalue weighted by molar-refractivity contribution is -0.384. The topological polar surface area (TPSA) is 60.2 Å². The SMILES string of the molecule is O=CCc1cc2cc([N+](=O)[O-])ccc2s1. The Morgan fingerprint density at radius 2 is 2.20 bits per heavy atom. The van der Waals surface area contributed by atoms with Crippen molar-refractivity contribution in [1.82, 2.24) is 0 Å². The molecule has 0 atom stereocenters. The van der Waals surface area contributed by atoms with Gasteiger partial charge in [0.05, 0.1) is 4.92 Å². The Labute approximate surface area is 89.3 Å². The third kappa shape index (κ3) is 1.87. The molecule has 0 aliphatic heterocycles. The van der Waals surface area contributed by atoms with E-state index < -0.39 is 4.92 Å². The molecule has 2 rings (SSSR count). The molecule has 0 bridgehead atoms. The van der Waals surface area contributed by atoms with Crippen molar-refractivity contribution < 1.29 is 9.72 Å². The summed E-state index contributed by atoms with van der Waals surface area (Å²) in [6, 6.07) is 6.54. The van der Waals surface area contributed by atoms with E-state index >= 15 is 0 Å². The first kappa shape index (κ1) is 9.79. The number of aldehydes is 1. The summed E-state index contributed by atoms with van der Waals surface area (Å²) in [7, 11) is 0. The Balaban J connectivity index is 2.51. The van der Waals surface area contributed by atoms with Crippen LogP contribution in [-0.4, -0.2) is 11.2 Å². The molecule has 0 N–H and O–H groups in total. The average Bonchev–Trinajstić information content (AvgIpc) is 2.59. The van der Waals surface area contributed by atoms with E-state index in [9.17, 15) is 14.9 Å².